The second-order valence-corrected chi connectivity index (χ2v) is 18.4. The molecule has 2 unspecified atom stereocenters. The van der Waals surface area contributed by atoms with Crippen molar-refractivity contribution in [2.75, 3.05) is 0 Å². The number of hydrogen-bond donors (Lipinski definition) is 0. The molecule has 2 aromatic heterocycles. The highest BCUT2D eigenvalue weighted by Gasteiger charge is 2.50. The Morgan fingerprint density at radius 3 is 2.15 bits per heavy atom. The van der Waals surface area contributed by atoms with E-state index in [2.05, 4.69) is 228 Å². The number of allylic oxidation sites excluding steroid dienone is 5. The summed E-state index contributed by atoms with van der Waals surface area (Å²) in [5.74, 6) is 0. The van der Waals surface area contributed by atoms with Gasteiger partial charge in [0.05, 0.1) is 11.0 Å². The van der Waals surface area contributed by atoms with E-state index >= 15 is 0 Å². The molecule has 0 radical (unpaired) electrons. The largest absolute Gasteiger partial charge is 0.215 e. The molecule has 2 nitrogen and oxygen atoms in total. The van der Waals surface area contributed by atoms with Gasteiger partial charge in [0.2, 0.25) is 11.4 Å². The van der Waals surface area contributed by atoms with Crippen LogP contribution in [-0.4, -0.2) is 0 Å². The van der Waals surface area contributed by atoms with Gasteiger partial charge in [-0.3, -0.25) is 0 Å². The first-order chi connectivity index (χ1) is 31.7. The van der Waals surface area contributed by atoms with Gasteiger partial charge in [-0.15, -0.1) is 0 Å². The molecular formula is C63H68N2+2. The van der Waals surface area contributed by atoms with Gasteiger partial charge in [-0.1, -0.05) is 131 Å². The fourth-order valence-corrected chi connectivity index (χ4v) is 10.9. The summed E-state index contributed by atoms with van der Waals surface area (Å²) in [6, 6.07) is 52.5. The molecule has 1 aliphatic rings. The zero-order chi connectivity index (χ0) is 45.5. The molecule has 65 heavy (non-hydrogen) atoms. The smallest absolute Gasteiger partial charge is 0.198 e. The van der Waals surface area contributed by atoms with E-state index in [1.165, 1.54) is 108 Å². The van der Waals surface area contributed by atoms with Gasteiger partial charge in [0, 0.05) is 42.2 Å². The van der Waals surface area contributed by atoms with Crippen LogP contribution in [0.4, 0.5) is 0 Å². The van der Waals surface area contributed by atoms with Crippen molar-refractivity contribution in [2.45, 2.75) is 111 Å². The lowest BCUT2D eigenvalue weighted by atomic mass is 9.63. The van der Waals surface area contributed by atoms with Crippen LogP contribution in [0.5, 0.6) is 0 Å². The third-order valence-corrected chi connectivity index (χ3v) is 14.3. The average Bonchev–Trinajstić information content (AvgIpc) is 3.33. The molecule has 0 saturated heterocycles. The van der Waals surface area contributed by atoms with Crippen molar-refractivity contribution in [3.63, 3.8) is 0 Å². The van der Waals surface area contributed by atoms with Gasteiger partial charge in [-0.05, 0) is 163 Å². The quantitative estimate of drug-likeness (QED) is 0.0676. The number of hydrogen-bond acceptors (Lipinski definition) is 0. The van der Waals surface area contributed by atoms with Crippen LogP contribution in [0.1, 0.15) is 111 Å². The minimum absolute atomic E-state index is 0.0319. The van der Waals surface area contributed by atoms with Crippen LogP contribution in [0.15, 0.2) is 177 Å². The predicted octanol–water partition coefficient (Wildman–Crippen LogP) is 16.0. The van der Waals surface area contributed by atoms with Gasteiger partial charge in [0.25, 0.3) is 0 Å². The molecule has 8 rings (SSSR count). The molecule has 0 spiro atoms. The van der Waals surface area contributed by atoms with Crippen LogP contribution in [0, 0.1) is 20.8 Å². The topological polar surface area (TPSA) is 7.76 Å². The molecular weight excluding hydrogens is 785 g/mol. The summed E-state index contributed by atoms with van der Waals surface area (Å²) in [6.07, 6.45) is 19.0. The molecule has 0 N–H and O–H groups in total. The summed E-state index contributed by atoms with van der Waals surface area (Å²) < 4.78 is 5.11. The predicted molar refractivity (Wildman–Crippen MR) is 277 cm³/mol. The Hall–Kier alpha value is -6.38. The van der Waals surface area contributed by atoms with E-state index in [0.717, 1.165) is 38.6 Å². The van der Waals surface area contributed by atoms with Crippen LogP contribution in [0.25, 0.3) is 55.9 Å². The van der Waals surface area contributed by atoms with Crippen LogP contribution in [0.3, 0.4) is 0 Å². The molecule has 328 valence electrons. The number of pyridine rings is 2. The molecule has 0 amide bonds. The highest BCUT2D eigenvalue weighted by atomic mass is 15.0. The van der Waals surface area contributed by atoms with Gasteiger partial charge in [0.15, 0.2) is 18.4 Å². The Bertz CT molecular complexity index is 2870. The monoisotopic (exact) mass is 853 g/mol. The fraction of sp³-hybridized carbons (Fsp3) is 0.270. The van der Waals surface area contributed by atoms with E-state index in [1.807, 2.05) is 6.08 Å². The number of benzene rings is 5. The van der Waals surface area contributed by atoms with Crippen molar-refractivity contribution in [2.24, 2.45) is 0 Å². The first-order valence-corrected chi connectivity index (χ1v) is 24.2. The number of rotatable bonds is 16. The zero-order valence-corrected chi connectivity index (χ0v) is 40.0. The number of nitrogens with zero attached hydrogens (tertiary/aromatic N) is 2. The molecule has 5 aromatic carbocycles. The van der Waals surface area contributed by atoms with Crippen molar-refractivity contribution in [1.82, 2.24) is 0 Å². The Morgan fingerprint density at radius 2 is 1.40 bits per heavy atom. The maximum atomic E-state index is 4.24. The second-order valence-electron chi connectivity index (χ2n) is 18.4. The lowest BCUT2D eigenvalue weighted by Crippen LogP contribution is -2.55. The lowest BCUT2D eigenvalue weighted by molar-refractivity contribution is -0.726. The Labute approximate surface area is 390 Å². The zero-order valence-electron chi connectivity index (χ0n) is 40.0. The van der Waals surface area contributed by atoms with Crippen molar-refractivity contribution in [3.8, 4) is 44.8 Å². The summed E-state index contributed by atoms with van der Waals surface area (Å²) in [4.78, 5) is 0. The van der Waals surface area contributed by atoms with E-state index in [-0.39, 0.29) is 5.41 Å². The summed E-state index contributed by atoms with van der Waals surface area (Å²) in [5, 5.41) is 0. The summed E-state index contributed by atoms with van der Waals surface area (Å²) in [5.41, 5.74) is 21.9. The van der Waals surface area contributed by atoms with Crippen LogP contribution in [-0.2, 0) is 18.4 Å². The van der Waals surface area contributed by atoms with Crippen molar-refractivity contribution in [1.29, 1.82) is 0 Å². The molecule has 0 fully saturated rings. The first kappa shape index (κ1) is 45.2. The Morgan fingerprint density at radius 1 is 0.662 bits per heavy atom. The van der Waals surface area contributed by atoms with Gasteiger partial charge < -0.3 is 0 Å². The van der Waals surface area contributed by atoms with E-state index in [4.69, 9.17) is 0 Å². The number of unbranched alkanes of at least 4 members (excludes halogenated alkanes) is 1. The van der Waals surface area contributed by atoms with Gasteiger partial charge >= 0.3 is 0 Å². The molecule has 0 aliphatic carbocycles. The lowest BCUT2D eigenvalue weighted by Gasteiger charge is -2.42. The molecule has 0 saturated carbocycles. The van der Waals surface area contributed by atoms with Gasteiger partial charge in [-0.25, -0.2) is 0 Å². The van der Waals surface area contributed by atoms with Crippen LogP contribution >= 0.6 is 0 Å². The SMILES string of the molecule is C=CC=C(C=C(C)c1cc(-c2ccccc2)cc(-c2cccc(CCCC)c2)c1)c1cc2c(cc1C)C(CC)(CCC[n+]1cccc(C)c1-c1ccccc1C)C(CC)[n+]1ccccc1-2. The van der Waals surface area contributed by atoms with E-state index in [1.54, 1.807) is 0 Å². The summed E-state index contributed by atoms with van der Waals surface area (Å²) in [6.45, 7) is 21.4. The minimum atomic E-state index is -0.0319. The van der Waals surface area contributed by atoms with Crippen molar-refractivity contribution >= 4 is 11.1 Å². The number of aromatic nitrogens is 2. The molecule has 7 aromatic rings. The minimum Gasteiger partial charge on any atom is -0.198 e. The second kappa shape index (κ2) is 20.2. The molecule has 3 heterocycles. The summed E-state index contributed by atoms with van der Waals surface area (Å²) in [7, 11) is 0. The van der Waals surface area contributed by atoms with Gasteiger partial charge in [-0.2, -0.15) is 9.13 Å². The molecule has 2 atom stereocenters. The highest BCUT2D eigenvalue weighted by molar-refractivity contribution is 5.89. The Balaban J connectivity index is 1.20. The van der Waals surface area contributed by atoms with E-state index < -0.39 is 0 Å². The maximum absolute atomic E-state index is 4.24. The number of aryl methyl sites for hydroxylation is 5. The van der Waals surface area contributed by atoms with Gasteiger partial charge in [0.1, 0.15) is 6.54 Å². The fourth-order valence-electron chi connectivity index (χ4n) is 10.9. The van der Waals surface area contributed by atoms with E-state index in [0.29, 0.717) is 6.04 Å². The standard InChI is InChI=1S/C63H68N2/c1-9-13-27-49-28-21-31-51(40-49)55-42-53(41-54(43-55)50-29-15-14-16-30-50)47(7)38-52(24-10-2)57-44-58-59(39-48(57)8)63(12-4,61(11-3)65-37-20-19-33-60(58)65)34-23-36-64-35-22-26-46(6)62(64)56-32-18-17-25-45(56)5/h10,14-22,24-26,28-33,35,37-44,61H,2,9,11-13,23,27,34,36H2,1,3-8H3/q+2. The highest BCUT2D eigenvalue weighted by Crippen LogP contribution is 2.50. The van der Waals surface area contributed by atoms with Crippen molar-refractivity contribution < 1.29 is 9.13 Å². The first-order valence-electron chi connectivity index (χ1n) is 24.2. The summed E-state index contributed by atoms with van der Waals surface area (Å²) >= 11 is 0. The maximum Gasteiger partial charge on any atom is 0.215 e. The van der Waals surface area contributed by atoms with Crippen molar-refractivity contribution in [3.05, 3.63) is 216 Å². The number of fused-ring (bicyclic) bond motifs is 3. The molecule has 1 aliphatic heterocycles. The molecule has 0 bridgehead atoms. The third-order valence-electron chi connectivity index (χ3n) is 14.3. The third kappa shape index (κ3) is 9.28. The average molecular weight is 853 g/mol. The van der Waals surface area contributed by atoms with Crippen LogP contribution < -0.4 is 9.13 Å². The Kier molecular flexibility index (Phi) is 14.0. The molecule has 2 heteroatoms. The van der Waals surface area contributed by atoms with Crippen LogP contribution in [0.2, 0.25) is 0 Å². The van der Waals surface area contributed by atoms with E-state index in [9.17, 15) is 0 Å². The normalized spacial score (nSPS) is 16.0.